The van der Waals surface area contributed by atoms with E-state index in [-0.39, 0.29) is 18.6 Å². The van der Waals surface area contributed by atoms with Gasteiger partial charge in [-0.15, -0.1) is 0 Å². The van der Waals surface area contributed by atoms with Crippen molar-refractivity contribution in [3.63, 3.8) is 0 Å². The molecule has 110 valence electrons. The van der Waals surface area contributed by atoms with E-state index in [4.69, 9.17) is 4.42 Å². The van der Waals surface area contributed by atoms with Crippen LogP contribution in [0, 0.1) is 12.3 Å². The van der Waals surface area contributed by atoms with Gasteiger partial charge in [-0.2, -0.15) is 0 Å². The Morgan fingerprint density at radius 1 is 1.45 bits per heavy atom. The van der Waals surface area contributed by atoms with Gasteiger partial charge in [0.05, 0.1) is 11.5 Å². The normalized spacial score (nSPS) is 17.9. The van der Waals surface area contributed by atoms with Crippen molar-refractivity contribution in [3.8, 4) is 0 Å². The lowest BCUT2D eigenvalue weighted by molar-refractivity contribution is -0.153. The smallest absolute Gasteiger partial charge is 0.315 e. The highest BCUT2D eigenvalue weighted by Gasteiger charge is 2.44. The first kappa shape index (κ1) is 14.4. The number of hydrogen-bond donors (Lipinski definition) is 3. The Labute approximate surface area is 117 Å². The number of carbonyl (C=O) groups is 2. The number of nitrogens with one attached hydrogen (secondary N) is 2. The molecule has 20 heavy (non-hydrogen) atoms. The molecule has 1 unspecified atom stereocenters. The maximum absolute atomic E-state index is 11.8. The van der Waals surface area contributed by atoms with E-state index in [0.717, 1.165) is 12.2 Å². The molecule has 3 N–H and O–H groups in total. The fourth-order valence-electron chi connectivity index (χ4n) is 2.32. The number of rotatable bonds is 5. The summed E-state index contributed by atoms with van der Waals surface area (Å²) in [7, 11) is 0. The zero-order chi connectivity index (χ0) is 14.8. The van der Waals surface area contributed by atoms with E-state index in [1.165, 1.54) is 0 Å². The van der Waals surface area contributed by atoms with Crippen LogP contribution in [0.1, 0.15) is 43.7 Å². The van der Waals surface area contributed by atoms with E-state index < -0.39 is 11.4 Å². The number of hydrogen-bond acceptors (Lipinski definition) is 3. The second-order valence-electron chi connectivity index (χ2n) is 5.44. The van der Waals surface area contributed by atoms with Crippen LogP contribution in [0.3, 0.4) is 0 Å². The molecule has 6 heteroatoms. The van der Waals surface area contributed by atoms with E-state index in [2.05, 4.69) is 10.6 Å². The largest absolute Gasteiger partial charge is 0.481 e. The average Bonchev–Trinajstić information content (AvgIpc) is 2.74. The molecule has 1 aliphatic rings. The predicted octanol–water partition coefficient (Wildman–Crippen LogP) is 2.20. The highest BCUT2D eigenvalue weighted by molar-refractivity contribution is 5.79. The van der Waals surface area contributed by atoms with Crippen LogP contribution in [0.4, 0.5) is 4.79 Å². The van der Waals surface area contributed by atoms with Crippen LogP contribution in [0.15, 0.2) is 16.5 Å². The molecular weight excluding hydrogens is 260 g/mol. The van der Waals surface area contributed by atoms with Gasteiger partial charge in [0.25, 0.3) is 0 Å². The molecule has 1 fully saturated rings. The summed E-state index contributed by atoms with van der Waals surface area (Å²) in [6, 6.07) is 3.01. The zero-order valence-corrected chi connectivity index (χ0v) is 11.7. The molecule has 0 aromatic carbocycles. The Hall–Kier alpha value is -1.98. The molecule has 1 heterocycles. The minimum atomic E-state index is -0.834. The molecular formula is C14H20N2O4. The zero-order valence-electron chi connectivity index (χ0n) is 11.7. The van der Waals surface area contributed by atoms with E-state index in [1.807, 2.05) is 26.0 Å². The lowest BCUT2D eigenvalue weighted by atomic mass is 9.69. The van der Waals surface area contributed by atoms with Crippen molar-refractivity contribution in [1.82, 2.24) is 10.6 Å². The first-order valence-electron chi connectivity index (χ1n) is 6.77. The van der Waals surface area contributed by atoms with Gasteiger partial charge in [0.2, 0.25) is 0 Å². The number of furan rings is 1. The summed E-state index contributed by atoms with van der Waals surface area (Å²) >= 11 is 0. The Morgan fingerprint density at radius 2 is 2.15 bits per heavy atom. The first-order valence-corrected chi connectivity index (χ1v) is 6.77. The molecule has 1 saturated carbocycles. The first-order chi connectivity index (χ1) is 9.43. The number of aliphatic carboxylic acids is 1. The van der Waals surface area contributed by atoms with Crippen LogP contribution in [-0.4, -0.2) is 23.7 Å². The molecule has 0 bridgehead atoms. The van der Waals surface area contributed by atoms with Crippen LogP contribution in [0.2, 0.25) is 0 Å². The molecule has 1 aromatic heterocycles. The van der Waals surface area contributed by atoms with Gasteiger partial charge in [-0.25, -0.2) is 4.79 Å². The van der Waals surface area contributed by atoms with Crippen LogP contribution >= 0.6 is 0 Å². The molecule has 2 amide bonds. The van der Waals surface area contributed by atoms with E-state index in [0.29, 0.717) is 18.6 Å². The van der Waals surface area contributed by atoms with Gasteiger partial charge in [-0.3, -0.25) is 4.79 Å². The summed E-state index contributed by atoms with van der Waals surface area (Å²) in [6.45, 7) is 3.82. The van der Waals surface area contributed by atoms with Crippen LogP contribution in [0.25, 0.3) is 0 Å². The highest BCUT2D eigenvalue weighted by atomic mass is 16.4. The molecule has 0 spiro atoms. The van der Waals surface area contributed by atoms with Gasteiger partial charge in [0, 0.05) is 6.54 Å². The molecule has 1 aromatic rings. The topological polar surface area (TPSA) is 91.6 Å². The summed E-state index contributed by atoms with van der Waals surface area (Å²) in [4.78, 5) is 23.0. The summed E-state index contributed by atoms with van der Waals surface area (Å²) < 4.78 is 5.43. The minimum absolute atomic E-state index is 0.165. The molecule has 2 rings (SSSR count). The predicted molar refractivity (Wildman–Crippen MR) is 72.3 cm³/mol. The van der Waals surface area contributed by atoms with Crippen molar-refractivity contribution < 1.29 is 19.1 Å². The third kappa shape index (κ3) is 2.95. The molecule has 0 saturated heterocycles. The quantitative estimate of drug-likeness (QED) is 0.771. The number of amides is 2. The van der Waals surface area contributed by atoms with E-state index in [9.17, 15) is 14.7 Å². The lowest BCUT2D eigenvalue weighted by Crippen LogP contribution is -2.50. The summed E-state index contributed by atoms with van der Waals surface area (Å²) in [6.07, 6.45) is 2.14. The van der Waals surface area contributed by atoms with Crippen molar-refractivity contribution in [2.75, 3.05) is 6.54 Å². The van der Waals surface area contributed by atoms with Crippen LogP contribution < -0.4 is 10.6 Å². The molecule has 0 radical (unpaired) electrons. The van der Waals surface area contributed by atoms with Gasteiger partial charge in [-0.1, -0.05) is 6.42 Å². The van der Waals surface area contributed by atoms with Crippen molar-refractivity contribution in [3.05, 3.63) is 23.7 Å². The Bertz CT molecular complexity index is 505. The Balaban J connectivity index is 1.82. The fraction of sp³-hybridized carbons (Fsp3) is 0.571. The van der Waals surface area contributed by atoms with Crippen molar-refractivity contribution in [1.29, 1.82) is 0 Å². The van der Waals surface area contributed by atoms with E-state index in [1.54, 1.807) is 0 Å². The number of aryl methyl sites for hydroxylation is 1. The molecule has 6 nitrogen and oxygen atoms in total. The second-order valence-corrected chi connectivity index (χ2v) is 5.44. The van der Waals surface area contributed by atoms with E-state index >= 15 is 0 Å². The third-order valence-corrected chi connectivity index (χ3v) is 3.89. The molecule has 0 aliphatic heterocycles. The average molecular weight is 280 g/mol. The third-order valence-electron chi connectivity index (χ3n) is 3.89. The van der Waals surface area contributed by atoms with Gasteiger partial charge in [0.15, 0.2) is 0 Å². The minimum Gasteiger partial charge on any atom is -0.481 e. The Morgan fingerprint density at radius 3 is 2.60 bits per heavy atom. The van der Waals surface area contributed by atoms with Gasteiger partial charge >= 0.3 is 12.0 Å². The summed E-state index contributed by atoms with van der Waals surface area (Å²) in [5, 5.41) is 14.5. The van der Waals surface area contributed by atoms with Gasteiger partial charge in [0.1, 0.15) is 11.5 Å². The molecule has 1 aliphatic carbocycles. The fourth-order valence-corrected chi connectivity index (χ4v) is 2.32. The standard InChI is InChI=1S/C14H20N2O4/c1-9-4-5-11(20-9)10(2)16-13(19)15-8-14(12(17)18)6-3-7-14/h4-5,10H,3,6-8H2,1-2H3,(H,17,18)(H2,15,16,19). The summed E-state index contributed by atoms with van der Waals surface area (Å²) in [5.74, 6) is 0.626. The van der Waals surface area contributed by atoms with Gasteiger partial charge < -0.3 is 20.2 Å². The van der Waals surface area contributed by atoms with Crippen LogP contribution in [0.5, 0.6) is 0 Å². The van der Waals surface area contributed by atoms with Gasteiger partial charge in [-0.05, 0) is 38.8 Å². The van der Waals surface area contributed by atoms with Crippen molar-refractivity contribution in [2.45, 2.75) is 39.2 Å². The SMILES string of the molecule is Cc1ccc(C(C)NC(=O)NCC2(C(=O)O)CCC2)o1. The highest BCUT2D eigenvalue weighted by Crippen LogP contribution is 2.40. The van der Waals surface area contributed by atoms with Crippen molar-refractivity contribution in [2.24, 2.45) is 5.41 Å². The molecule has 1 atom stereocenters. The maximum Gasteiger partial charge on any atom is 0.315 e. The number of carbonyl (C=O) groups excluding carboxylic acids is 1. The number of carboxylic acid groups (broad SMARTS) is 1. The number of carboxylic acids is 1. The number of urea groups is 1. The monoisotopic (exact) mass is 280 g/mol. The second kappa shape index (κ2) is 5.56. The summed E-state index contributed by atoms with van der Waals surface area (Å²) in [5.41, 5.74) is -0.776. The lowest BCUT2D eigenvalue weighted by Gasteiger charge is -2.37. The van der Waals surface area contributed by atoms with Crippen LogP contribution in [-0.2, 0) is 4.79 Å². The van der Waals surface area contributed by atoms with Crippen molar-refractivity contribution >= 4 is 12.0 Å². The Kier molecular flexibility index (Phi) is 4.01. The maximum atomic E-state index is 11.8.